The largest absolute Gasteiger partial charge is 1.00 e. The number of Topliss-reactive ketones (excluding diaryl/α,β-unsaturated/α-hetero) is 2. The molecule has 4 aromatic carbocycles. The quantitative estimate of drug-likeness (QED) is 0.0287. The first-order valence-electron chi connectivity index (χ1n) is 34.4. The number of ether oxygens (including phenoxy) is 11. The molecule has 0 saturated carbocycles. The number of aliphatic hydroxyl groups excluding tert-OH is 8. The maximum Gasteiger partial charge on any atom is 1.00 e. The fraction of sp³-hybridized carbons (Fsp3) is 0.556. The Labute approximate surface area is 687 Å². The van der Waals surface area contributed by atoms with E-state index in [-0.39, 0.29) is 171 Å². The predicted molar refractivity (Wildman–Crippen MR) is 364 cm³/mol. The number of benzene rings is 5. The number of phenolic OH excluding ortho intramolecular Hbond substituents is 2. The van der Waals surface area contributed by atoms with Gasteiger partial charge in [-0.25, -0.2) is 0 Å². The summed E-state index contributed by atoms with van der Waals surface area (Å²) in [6, 6.07) is 13.7. The number of aliphatic hydroxyl groups is 9. The van der Waals surface area contributed by atoms with Crippen molar-refractivity contribution in [2.75, 3.05) is 7.11 Å². The predicted octanol–water partition coefficient (Wildman–Crippen LogP) is -4.10. The standard InChI is InChI=1S/C52H76O24.C20H9Br2O5.Hg.2Na.H2O/c1-18-29(72-34-14-30(43(58)21(4)68-34)73-33-13-28(54)42(57)20(3)67-33)12-26-10-25-11-27(49(66-9)48(63)41(56)19(2)53)50(47(62)39(25)46(61)38(26)40(18)55)76-36-16-31(44(59)23(6)70-36)74-35-15-32(45(60)22(5)69-35)75-37-17-52(8,65)51(64)24(7)71-37;21-13-5-11-17(7-15(13)23)27-18-8-16(24)14(22)6-12(18)19(11)9-3-1-2-4-10(9)20(25)26;;;;/h10,12,19-24,27-28,30-37,41-45,49-51,53-61,64-65H,11,13-17H2,1-9H3;1-7,24H,(H,25,26);;;;1H2/q;;3*+1;/p-3/t19-,20-,21-,22-,23-,24-,27?,28-,30-,31-,32-,33+,34+,35+,36+,37+,41+,42-,43+,44-,45-,49+,50+,51-,52+;;;;;/m1...../s1. The van der Waals surface area contributed by atoms with Crippen molar-refractivity contribution < 1.29 is 224 Å². The van der Waals surface area contributed by atoms with Crippen molar-refractivity contribution >= 4 is 74.2 Å². The molecule has 12 rings (SSSR count). The van der Waals surface area contributed by atoms with Gasteiger partial charge in [0.25, 0.3) is 0 Å². The Morgan fingerprint density at radius 2 is 1.23 bits per heavy atom. The Morgan fingerprint density at radius 1 is 0.692 bits per heavy atom. The zero-order valence-electron chi connectivity index (χ0n) is 60.5. The first kappa shape index (κ1) is 87.9. The van der Waals surface area contributed by atoms with Crippen molar-refractivity contribution in [2.45, 2.75) is 241 Å². The van der Waals surface area contributed by atoms with Crippen LogP contribution in [-0.4, -0.2) is 231 Å². The Kier molecular flexibility index (Phi) is 29.7. The fourth-order valence-corrected chi connectivity index (χ4v) is 19.4. The van der Waals surface area contributed by atoms with Crippen LogP contribution in [0.25, 0.3) is 44.2 Å². The normalized spacial score (nSPS) is 33.2. The van der Waals surface area contributed by atoms with Gasteiger partial charge in [0.05, 0.1) is 77.6 Å². The minimum absolute atomic E-state index is 0. The third-order valence-corrected chi connectivity index (χ3v) is 25.5. The summed E-state index contributed by atoms with van der Waals surface area (Å²) < 4.78 is 83.1. The zero-order valence-corrected chi connectivity index (χ0v) is 73.1. The summed E-state index contributed by atoms with van der Waals surface area (Å²) in [5.41, 5.74) is -0.334. The minimum Gasteiger partial charge on any atom is 1.00 e. The molecule has 25 atom stereocenters. The van der Waals surface area contributed by atoms with Crippen molar-refractivity contribution in [2.24, 2.45) is 5.92 Å². The van der Waals surface area contributed by atoms with E-state index < -0.39 is 207 Å². The molecule has 0 aromatic heterocycles. The number of hydrogen-bond donors (Lipinski definition) is 12. The van der Waals surface area contributed by atoms with Gasteiger partial charge in [-0.1, -0.05) is 0 Å². The van der Waals surface area contributed by atoms with Gasteiger partial charge in [0.15, 0.2) is 36.7 Å². The van der Waals surface area contributed by atoms with E-state index in [0.717, 1.165) is 0 Å². The summed E-state index contributed by atoms with van der Waals surface area (Å²) in [6.45, 7) is 12.1. The number of aromatic carboxylic acids is 1. The second-order valence-electron chi connectivity index (χ2n) is 28.0. The van der Waals surface area contributed by atoms with Crippen molar-refractivity contribution in [3.63, 3.8) is 0 Å². The molecule has 2 aliphatic carbocycles. The van der Waals surface area contributed by atoms with Crippen LogP contribution in [0.1, 0.15) is 112 Å². The first-order chi connectivity index (χ1) is 49.5. The maximum absolute atomic E-state index is 15.0. The molecular formula is C72H84Br2HgNa2O30. The van der Waals surface area contributed by atoms with Crippen LogP contribution < -0.4 is 82.6 Å². The van der Waals surface area contributed by atoms with E-state index in [1.807, 2.05) is 0 Å². The number of fused-ring (bicyclic) bond motifs is 4. The van der Waals surface area contributed by atoms with E-state index in [4.69, 9.17) is 56.5 Å². The van der Waals surface area contributed by atoms with Crippen LogP contribution >= 0.6 is 31.9 Å². The van der Waals surface area contributed by atoms with Crippen LogP contribution in [0.4, 0.5) is 0 Å². The number of phenols is 2. The topological polar surface area (TPSA) is 472 Å². The van der Waals surface area contributed by atoms with Crippen molar-refractivity contribution in [3.8, 4) is 45.4 Å². The molecule has 4 aromatic rings. The SMILES string of the molecule is CO[C@H](C(=O)[C@@H](O)[C@@H](C)O)C1Cc2cc3cc(O[C@H]4C[C@@H](O[C@H]5C[C@@H](O)[C@H](O)[C@@H](C)O5)[C@@H](O)[C@@H](C)O4)c(C)c(O)c3c(O)c2C(=O)[C@H]1O[C@H]1C[C@@H](O[C@H]2C[C@@H](O[C@H]3C[C@](C)(O)[C@H](O)[C@@H](C)O3)[C@H](O)[C@@H](C)O2)[C@H](O)[C@@H](C)O1.O=C([O-])c1ccccc1-c1c2cc(Br)c(=O)cc-2oc2[c]([Hg][OH])c([O-])c(Br)cc12.[Na+].[Na+]. The van der Waals surface area contributed by atoms with E-state index in [1.54, 1.807) is 58.0 Å². The molecule has 570 valence electrons. The summed E-state index contributed by atoms with van der Waals surface area (Å²) in [6.07, 6.45) is -27.0. The molecule has 35 heteroatoms. The van der Waals surface area contributed by atoms with E-state index >= 15 is 4.79 Å². The molecule has 0 radical (unpaired) electrons. The first-order valence-corrected chi connectivity index (χ1v) is 41.2. The van der Waals surface area contributed by atoms with Crippen LogP contribution in [0.2, 0.25) is 0 Å². The number of aromatic hydroxyl groups is 2. The van der Waals surface area contributed by atoms with Gasteiger partial charge in [-0.3, -0.25) is 9.59 Å². The van der Waals surface area contributed by atoms with Crippen LogP contribution in [0.5, 0.6) is 23.0 Å². The number of carbonyl (C=O) groups is 3. The summed E-state index contributed by atoms with van der Waals surface area (Å²) in [4.78, 5) is 52.8. The molecular weight excluding hydrogens is 1750 g/mol. The van der Waals surface area contributed by atoms with Gasteiger partial charge < -0.3 is 108 Å². The van der Waals surface area contributed by atoms with E-state index in [2.05, 4.69) is 31.9 Å². The van der Waals surface area contributed by atoms with Crippen molar-refractivity contribution in [1.82, 2.24) is 0 Å². The Morgan fingerprint density at radius 3 is 1.79 bits per heavy atom. The zero-order chi connectivity index (χ0) is 76.4. The van der Waals surface area contributed by atoms with E-state index in [9.17, 15) is 83.8 Å². The second kappa shape index (κ2) is 36.2. The minimum atomic E-state index is -2.75. The Hall–Kier alpha value is -3.06. The van der Waals surface area contributed by atoms with E-state index in [0.29, 0.717) is 22.1 Å². The summed E-state index contributed by atoms with van der Waals surface area (Å²) >= 11 is 3.71. The van der Waals surface area contributed by atoms with Crippen molar-refractivity contribution in [1.29, 1.82) is 0 Å². The van der Waals surface area contributed by atoms with Gasteiger partial charge in [0.1, 0.15) is 66.1 Å². The molecule has 8 aliphatic rings. The van der Waals surface area contributed by atoms with Gasteiger partial charge in [0.2, 0.25) is 6.29 Å². The van der Waals surface area contributed by atoms with Crippen molar-refractivity contribution in [3.05, 3.63) is 96.0 Å². The van der Waals surface area contributed by atoms with Gasteiger partial charge in [-0.05, 0) is 84.9 Å². The van der Waals surface area contributed by atoms with Gasteiger partial charge in [-0.15, -0.1) is 0 Å². The van der Waals surface area contributed by atoms with Crippen LogP contribution in [-0.2, 0) is 83.6 Å². The number of carboxylic acids is 1. The average Bonchev–Trinajstić information content (AvgIpc) is 0.733. The molecule has 6 aliphatic heterocycles. The maximum atomic E-state index is 15.0. The summed E-state index contributed by atoms with van der Waals surface area (Å²) in [5, 5.41) is 145. The number of ketones is 2. The van der Waals surface area contributed by atoms with Crippen LogP contribution in [0.3, 0.4) is 0 Å². The second-order valence-corrected chi connectivity index (χ2v) is 33.7. The van der Waals surface area contributed by atoms with Gasteiger partial charge in [0, 0.05) is 50.7 Å². The molecule has 1 unspecified atom stereocenters. The Bertz CT molecular complexity index is 4210. The molecule has 0 amide bonds. The number of carboxylic acid groups (broad SMARTS) is 1. The number of rotatable bonds is 18. The average molecular weight is 1840 g/mol. The fourth-order valence-electron chi connectivity index (χ4n) is 14.7. The molecule has 5 saturated heterocycles. The molecule has 0 bridgehead atoms. The molecule has 12 N–H and O–H groups in total. The number of methoxy groups -OCH3 is 1. The molecule has 107 heavy (non-hydrogen) atoms. The van der Waals surface area contributed by atoms with Crippen LogP contribution in [0, 0.1) is 12.8 Å². The van der Waals surface area contributed by atoms with Gasteiger partial charge in [-0.2, -0.15) is 0 Å². The molecule has 30 nitrogen and oxygen atoms in total. The van der Waals surface area contributed by atoms with Gasteiger partial charge >= 0.3 is 254 Å². The third kappa shape index (κ3) is 18.4. The van der Waals surface area contributed by atoms with Crippen LogP contribution in [0.15, 0.2) is 72.8 Å². The number of hydrogen-bond acceptors (Lipinski definition) is 30. The molecule has 6 heterocycles. The monoisotopic (exact) mass is 1830 g/mol. The Balaban J connectivity index is 0.000000355. The number of halogens is 2. The third-order valence-electron chi connectivity index (χ3n) is 20.5. The molecule has 0 spiro atoms. The smallest absolute Gasteiger partial charge is 1.00 e. The molecule has 5 fully saturated rings. The summed E-state index contributed by atoms with van der Waals surface area (Å²) in [7, 11) is 1.18. The van der Waals surface area contributed by atoms with E-state index in [1.165, 1.54) is 59.1 Å². The summed E-state index contributed by atoms with van der Waals surface area (Å²) in [5.74, 6) is -5.59. The number of carbonyl (C=O) groups excluding carboxylic acids is 3.